The first-order chi connectivity index (χ1) is 16.0. The minimum atomic E-state index is -0.657. The second-order valence-corrected chi connectivity index (χ2v) is 8.28. The molecule has 8 heteroatoms. The lowest BCUT2D eigenvalue weighted by molar-refractivity contribution is 0.0522. The average Bonchev–Trinajstić information content (AvgIpc) is 2.87. The summed E-state index contributed by atoms with van der Waals surface area (Å²) in [5.74, 6) is 1.58. The first-order valence-corrected chi connectivity index (χ1v) is 11.2. The molecule has 0 amide bonds. The van der Waals surface area contributed by atoms with Gasteiger partial charge in [-0.15, -0.1) is 0 Å². The van der Waals surface area contributed by atoms with Crippen LogP contribution < -0.4 is 14.2 Å². The molecule has 2 aromatic carbocycles. The molecule has 2 aliphatic rings. The maximum Gasteiger partial charge on any atom is 0.337 e. The Kier molecular flexibility index (Phi) is 7.47. The summed E-state index contributed by atoms with van der Waals surface area (Å²) in [5.41, 5.74) is 1.10. The number of hydrogen-bond donors (Lipinski definition) is 1. The van der Waals surface area contributed by atoms with E-state index in [0.29, 0.717) is 48.1 Å². The van der Waals surface area contributed by atoms with E-state index >= 15 is 0 Å². The summed E-state index contributed by atoms with van der Waals surface area (Å²) in [6.07, 6.45) is 0.835. The summed E-state index contributed by atoms with van der Waals surface area (Å²) in [7, 11) is 1.33. The molecule has 0 bridgehead atoms. The zero-order valence-corrected chi connectivity index (χ0v) is 18.7. The molecule has 1 N–H and O–H groups in total. The summed E-state index contributed by atoms with van der Waals surface area (Å²) in [6, 6.07) is 12.0. The van der Waals surface area contributed by atoms with E-state index in [0.717, 1.165) is 25.9 Å². The van der Waals surface area contributed by atoms with E-state index in [-0.39, 0.29) is 18.3 Å². The summed E-state index contributed by atoms with van der Waals surface area (Å²) in [6.45, 7) is 3.13. The Bertz CT molecular complexity index is 967. The van der Waals surface area contributed by atoms with Crippen molar-refractivity contribution in [1.82, 2.24) is 4.90 Å². The number of aliphatic hydroxyl groups is 1. The van der Waals surface area contributed by atoms with Gasteiger partial charge >= 0.3 is 5.97 Å². The molecule has 1 fully saturated rings. The van der Waals surface area contributed by atoms with Gasteiger partial charge in [0.2, 0.25) is 0 Å². The molecule has 176 valence electrons. The van der Waals surface area contributed by atoms with Gasteiger partial charge in [0.25, 0.3) is 0 Å². The molecular weight excluding hydrogens is 426 g/mol. The second-order valence-electron chi connectivity index (χ2n) is 8.28. The third-order valence-electron chi connectivity index (χ3n) is 5.97. The van der Waals surface area contributed by atoms with E-state index in [9.17, 15) is 14.7 Å². The largest absolute Gasteiger partial charge is 0.491 e. The highest BCUT2D eigenvalue weighted by atomic mass is 16.6. The number of ketones is 1. The van der Waals surface area contributed by atoms with Crippen molar-refractivity contribution in [2.24, 2.45) is 5.92 Å². The van der Waals surface area contributed by atoms with Crippen molar-refractivity contribution in [2.45, 2.75) is 18.9 Å². The standard InChI is InChI=1S/C25H29NO7/c1-30-25(29)18-2-5-21(6-3-18)33-16-20(27)15-26-10-8-17(9-11-26)24(28)19-4-7-22-23(14-19)32-13-12-31-22/h2-7,14,17,20,27H,8-13,15-16H2,1H3/t20-/m0/s1. The SMILES string of the molecule is COC(=O)c1ccc(OC[C@@H](O)CN2CCC(C(=O)c3ccc4c(c3)OCCO4)CC2)cc1. The van der Waals surface area contributed by atoms with Gasteiger partial charge in [-0.25, -0.2) is 4.79 Å². The number of hydrogen-bond acceptors (Lipinski definition) is 8. The molecule has 0 unspecified atom stereocenters. The summed E-state index contributed by atoms with van der Waals surface area (Å²) < 4.78 is 21.4. The normalized spacial score (nSPS) is 17.3. The predicted octanol–water partition coefficient (Wildman–Crippen LogP) is 2.58. The minimum Gasteiger partial charge on any atom is -0.491 e. The van der Waals surface area contributed by atoms with Gasteiger partial charge in [-0.2, -0.15) is 0 Å². The number of ether oxygens (including phenoxy) is 4. The summed E-state index contributed by atoms with van der Waals surface area (Å²) >= 11 is 0. The van der Waals surface area contributed by atoms with Crippen LogP contribution in [0.3, 0.4) is 0 Å². The number of benzene rings is 2. The van der Waals surface area contributed by atoms with Gasteiger partial charge in [-0.3, -0.25) is 4.79 Å². The van der Waals surface area contributed by atoms with Crippen LogP contribution in [0.25, 0.3) is 0 Å². The molecule has 0 aliphatic carbocycles. The van der Waals surface area contributed by atoms with Crippen LogP contribution in [0, 0.1) is 5.92 Å². The second kappa shape index (κ2) is 10.7. The Balaban J connectivity index is 1.21. The lowest BCUT2D eigenvalue weighted by atomic mass is 9.88. The third-order valence-corrected chi connectivity index (χ3v) is 5.97. The van der Waals surface area contributed by atoms with Crippen LogP contribution in [0.15, 0.2) is 42.5 Å². The third kappa shape index (κ3) is 5.83. The van der Waals surface area contributed by atoms with Crippen molar-refractivity contribution in [2.75, 3.05) is 46.6 Å². The molecule has 2 aliphatic heterocycles. The topological polar surface area (TPSA) is 94.5 Å². The van der Waals surface area contributed by atoms with Crippen LogP contribution >= 0.6 is 0 Å². The molecule has 8 nitrogen and oxygen atoms in total. The lowest BCUT2D eigenvalue weighted by Crippen LogP contribution is -2.42. The van der Waals surface area contributed by atoms with Crippen molar-refractivity contribution in [3.05, 3.63) is 53.6 Å². The molecule has 33 heavy (non-hydrogen) atoms. The van der Waals surface area contributed by atoms with Crippen molar-refractivity contribution in [3.8, 4) is 17.2 Å². The predicted molar refractivity (Wildman–Crippen MR) is 120 cm³/mol. The minimum absolute atomic E-state index is 0.0365. The fourth-order valence-corrected chi connectivity index (χ4v) is 4.16. The number of methoxy groups -OCH3 is 1. The highest BCUT2D eigenvalue weighted by molar-refractivity contribution is 5.98. The first-order valence-electron chi connectivity index (χ1n) is 11.2. The quantitative estimate of drug-likeness (QED) is 0.480. The number of esters is 1. The summed E-state index contributed by atoms with van der Waals surface area (Å²) in [5, 5.41) is 10.4. The molecule has 1 atom stereocenters. The molecule has 0 radical (unpaired) electrons. The number of fused-ring (bicyclic) bond motifs is 1. The zero-order valence-electron chi connectivity index (χ0n) is 18.7. The van der Waals surface area contributed by atoms with Gasteiger partial charge in [-0.1, -0.05) is 0 Å². The highest BCUT2D eigenvalue weighted by Crippen LogP contribution is 2.32. The number of rotatable bonds is 8. The Morgan fingerprint density at radius 2 is 1.70 bits per heavy atom. The fourth-order valence-electron chi connectivity index (χ4n) is 4.16. The number of Topliss-reactive ketones (excluding diaryl/α,β-unsaturated/α-hetero) is 1. The lowest BCUT2D eigenvalue weighted by Gasteiger charge is -2.32. The highest BCUT2D eigenvalue weighted by Gasteiger charge is 2.27. The van der Waals surface area contributed by atoms with Gasteiger partial charge < -0.3 is 29.0 Å². The molecule has 0 aromatic heterocycles. The van der Waals surface area contributed by atoms with Crippen LogP contribution in [-0.4, -0.2) is 74.4 Å². The van der Waals surface area contributed by atoms with E-state index in [4.69, 9.17) is 14.2 Å². The van der Waals surface area contributed by atoms with Gasteiger partial charge in [0.05, 0.1) is 12.7 Å². The van der Waals surface area contributed by atoms with E-state index in [2.05, 4.69) is 9.64 Å². The molecule has 0 spiro atoms. The Hall–Kier alpha value is -3.10. The molecule has 4 rings (SSSR count). The average molecular weight is 456 g/mol. The fraction of sp³-hybridized carbons (Fsp3) is 0.440. The Morgan fingerprint density at radius 1 is 1.03 bits per heavy atom. The molecule has 2 aromatic rings. The number of nitrogens with zero attached hydrogens (tertiary/aromatic N) is 1. The number of piperidine rings is 1. The molecule has 2 heterocycles. The van der Waals surface area contributed by atoms with Crippen molar-refractivity contribution in [1.29, 1.82) is 0 Å². The number of aliphatic hydroxyl groups excluding tert-OH is 1. The van der Waals surface area contributed by atoms with E-state index in [1.807, 2.05) is 0 Å². The number of carbonyl (C=O) groups excluding carboxylic acids is 2. The molecule has 0 saturated carbocycles. The molecular formula is C25H29NO7. The van der Waals surface area contributed by atoms with Crippen molar-refractivity contribution < 1.29 is 33.6 Å². The number of likely N-dealkylation sites (tertiary alicyclic amines) is 1. The maximum atomic E-state index is 12.9. The van der Waals surface area contributed by atoms with Crippen LogP contribution in [0.4, 0.5) is 0 Å². The van der Waals surface area contributed by atoms with Crippen LogP contribution in [0.2, 0.25) is 0 Å². The van der Waals surface area contributed by atoms with Crippen molar-refractivity contribution in [3.63, 3.8) is 0 Å². The Morgan fingerprint density at radius 3 is 2.39 bits per heavy atom. The van der Waals surface area contributed by atoms with E-state index in [1.54, 1.807) is 42.5 Å². The van der Waals surface area contributed by atoms with Gasteiger partial charge in [-0.05, 0) is 68.4 Å². The number of carbonyl (C=O) groups is 2. The van der Waals surface area contributed by atoms with Crippen LogP contribution in [0.5, 0.6) is 17.2 Å². The van der Waals surface area contributed by atoms with Crippen LogP contribution in [-0.2, 0) is 4.74 Å². The zero-order chi connectivity index (χ0) is 23.2. The first kappa shape index (κ1) is 23.1. The van der Waals surface area contributed by atoms with Crippen molar-refractivity contribution >= 4 is 11.8 Å². The van der Waals surface area contributed by atoms with Crippen LogP contribution in [0.1, 0.15) is 33.6 Å². The molecule has 1 saturated heterocycles. The summed E-state index contributed by atoms with van der Waals surface area (Å²) in [4.78, 5) is 26.6. The van der Waals surface area contributed by atoms with E-state index in [1.165, 1.54) is 7.11 Å². The van der Waals surface area contributed by atoms with Gasteiger partial charge in [0.15, 0.2) is 17.3 Å². The van der Waals surface area contributed by atoms with Gasteiger partial charge in [0, 0.05) is 18.0 Å². The smallest absolute Gasteiger partial charge is 0.337 e. The van der Waals surface area contributed by atoms with Gasteiger partial charge in [0.1, 0.15) is 31.7 Å². The monoisotopic (exact) mass is 455 g/mol. The number of β-amino-alcohol motifs (C(OH)–C–C–N with tert-alkyl or cyclic N) is 1. The maximum absolute atomic E-state index is 12.9. The van der Waals surface area contributed by atoms with E-state index < -0.39 is 12.1 Å². The Labute approximate surface area is 193 Å².